The van der Waals surface area contributed by atoms with Gasteiger partial charge in [-0.15, -0.1) is 0 Å². The minimum Gasteiger partial charge on any atom is -0.392 e. The van der Waals surface area contributed by atoms with E-state index >= 15 is 0 Å². The number of allylic oxidation sites excluding steroid dienone is 11. The van der Waals surface area contributed by atoms with Crippen LogP contribution in [0.4, 0.5) is 0 Å². The Balaban J connectivity index is 2.89. The van der Waals surface area contributed by atoms with Crippen molar-refractivity contribution in [2.45, 2.75) is 34.6 Å². The second-order valence-corrected chi connectivity index (χ2v) is 6.19. The lowest BCUT2D eigenvalue weighted by molar-refractivity contribution is -0.111. The van der Waals surface area contributed by atoms with Gasteiger partial charge in [0.25, 0.3) is 0 Å². The van der Waals surface area contributed by atoms with E-state index in [0.29, 0.717) is 0 Å². The Bertz CT molecular complexity index is 606. The highest BCUT2D eigenvalue weighted by atomic mass is 16.2. The van der Waals surface area contributed by atoms with Crippen molar-refractivity contribution in [1.82, 2.24) is 0 Å². The zero-order valence-electron chi connectivity index (χ0n) is 14.2. The van der Waals surface area contributed by atoms with Crippen molar-refractivity contribution in [3.63, 3.8) is 0 Å². The van der Waals surface area contributed by atoms with Gasteiger partial charge < -0.3 is 5.11 Å². The molecule has 0 aromatic carbocycles. The third kappa shape index (κ3) is 5.12. The van der Waals surface area contributed by atoms with Crippen molar-refractivity contribution in [1.29, 1.82) is 0 Å². The summed E-state index contributed by atoms with van der Waals surface area (Å²) < 4.78 is 0. The monoisotopic (exact) mass is 298 g/mol. The van der Waals surface area contributed by atoms with E-state index in [0.717, 1.165) is 22.3 Å². The molecule has 0 amide bonds. The molecule has 1 rings (SSSR count). The maximum atomic E-state index is 11.8. The van der Waals surface area contributed by atoms with Crippen molar-refractivity contribution >= 4 is 5.78 Å². The maximum absolute atomic E-state index is 11.8. The summed E-state index contributed by atoms with van der Waals surface area (Å²) in [6.45, 7) is 10.1. The van der Waals surface area contributed by atoms with Crippen molar-refractivity contribution < 1.29 is 9.90 Å². The Hall–Kier alpha value is -1.93. The second-order valence-electron chi connectivity index (χ2n) is 6.19. The zero-order valence-corrected chi connectivity index (χ0v) is 14.2. The van der Waals surface area contributed by atoms with Crippen LogP contribution in [0.15, 0.2) is 70.9 Å². The maximum Gasteiger partial charge on any atom is 0.181 e. The molecule has 0 atom stereocenters. The molecule has 0 saturated heterocycles. The number of hydrogen-bond acceptors (Lipinski definition) is 2. The molecular formula is C20H26O2. The number of rotatable bonds is 5. The molecule has 0 heterocycles. The van der Waals surface area contributed by atoms with E-state index in [9.17, 15) is 4.79 Å². The van der Waals surface area contributed by atoms with Gasteiger partial charge in [0.1, 0.15) is 0 Å². The Labute approximate surface area is 133 Å². The highest BCUT2D eigenvalue weighted by molar-refractivity contribution is 6.05. The molecule has 1 aliphatic rings. The van der Waals surface area contributed by atoms with Gasteiger partial charge in [-0.2, -0.15) is 0 Å². The number of aliphatic hydroxyl groups excluding tert-OH is 1. The van der Waals surface area contributed by atoms with Crippen molar-refractivity contribution in [3.05, 3.63) is 70.9 Å². The summed E-state index contributed by atoms with van der Waals surface area (Å²) in [5.74, 6) is 0.0882. The van der Waals surface area contributed by atoms with E-state index in [-0.39, 0.29) is 17.8 Å². The predicted molar refractivity (Wildman–Crippen MR) is 93.5 cm³/mol. The van der Waals surface area contributed by atoms with Crippen LogP contribution in [-0.2, 0) is 4.79 Å². The molecule has 118 valence electrons. The van der Waals surface area contributed by atoms with Gasteiger partial charge >= 0.3 is 0 Å². The van der Waals surface area contributed by atoms with E-state index < -0.39 is 0 Å². The van der Waals surface area contributed by atoms with Gasteiger partial charge in [0.15, 0.2) is 5.78 Å². The van der Waals surface area contributed by atoms with E-state index in [1.165, 1.54) is 0 Å². The van der Waals surface area contributed by atoms with Crippen LogP contribution in [0.2, 0.25) is 0 Å². The fourth-order valence-corrected chi connectivity index (χ4v) is 2.29. The lowest BCUT2D eigenvalue weighted by Crippen LogP contribution is -2.19. The molecule has 2 heteroatoms. The normalized spacial score (nSPS) is 19.8. The smallest absolute Gasteiger partial charge is 0.181 e. The lowest BCUT2D eigenvalue weighted by Gasteiger charge is -2.27. The molecule has 0 radical (unpaired) electrons. The Morgan fingerprint density at radius 3 is 2.55 bits per heavy atom. The molecular weight excluding hydrogens is 272 g/mol. The van der Waals surface area contributed by atoms with Gasteiger partial charge in [-0.1, -0.05) is 67.5 Å². The van der Waals surface area contributed by atoms with Crippen LogP contribution in [0.3, 0.4) is 0 Å². The van der Waals surface area contributed by atoms with E-state index in [1.807, 2.05) is 57.2 Å². The molecule has 1 aliphatic carbocycles. The highest BCUT2D eigenvalue weighted by Crippen LogP contribution is 2.35. The Morgan fingerprint density at radius 1 is 1.23 bits per heavy atom. The first kappa shape index (κ1) is 18.1. The predicted octanol–water partition coefficient (Wildman–Crippen LogP) is 4.47. The summed E-state index contributed by atoms with van der Waals surface area (Å²) in [4.78, 5) is 11.8. The summed E-state index contributed by atoms with van der Waals surface area (Å²) in [6.07, 6.45) is 15.4. The van der Waals surface area contributed by atoms with Gasteiger partial charge in [-0.05, 0) is 32.4 Å². The van der Waals surface area contributed by atoms with E-state index in [4.69, 9.17) is 5.11 Å². The molecule has 0 fully saturated rings. The van der Waals surface area contributed by atoms with Crippen LogP contribution in [0, 0.1) is 5.41 Å². The van der Waals surface area contributed by atoms with Crippen LogP contribution < -0.4 is 0 Å². The fourth-order valence-electron chi connectivity index (χ4n) is 2.29. The summed E-state index contributed by atoms with van der Waals surface area (Å²) in [5.41, 5.74) is 3.89. The average molecular weight is 298 g/mol. The molecule has 0 unspecified atom stereocenters. The first-order valence-electron chi connectivity index (χ1n) is 7.53. The lowest BCUT2D eigenvalue weighted by atomic mass is 9.76. The molecule has 0 aliphatic heterocycles. The summed E-state index contributed by atoms with van der Waals surface area (Å²) in [7, 11) is 0. The summed E-state index contributed by atoms with van der Waals surface area (Å²) in [5, 5.41) is 8.79. The average Bonchev–Trinajstić information content (AvgIpc) is 2.43. The number of carbonyl (C=O) groups excluding carboxylic acids is 1. The SMILES string of the molecule is CC1=C(/C=C/C(C)=C/C=C/C(C)=C/CO)C(C)(C)C=CC1=O. The fraction of sp³-hybridized carbons (Fsp3) is 0.350. The third-order valence-electron chi connectivity index (χ3n) is 3.76. The molecule has 0 saturated carbocycles. The van der Waals surface area contributed by atoms with Crippen molar-refractivity contribution in [2.75, 3.05) is 6.61 Å². The van der Waals surface area contributed by atoms with Gasteiger partial charge in [-0.25, -0.2) is 0 Å². The van der Waals surface area contributed by atoms with Crippen LogP contribution in [0.25, 0.3) is 0 Å². The topological polar surface area (TPSA) is 37.3 Å². The minimum atomic E-state index is -0.120. The number of hydrogen-bond donors (Lipinski definition) is 1. The van der Waals surface area contributed by atoms with Gasteiger partial charge in [-0.3, -0.25) is 4.79 Å². The van der Waals surface area contributed by atoms with E-state index in [2.05, 4.69) is 13.8 Å². The number of carbonyl (C=O) groups is 1. The quantitative estimate of drug-likeness (QED) is 0.761. The van der Waals surface area contributed by atoms with Crippen LogP contribution in [0.5, 0.6) is 0 Å². The third-order valence-corrected chi connectivity index (χ3v) is 3.76. The second kappa shape index (κ2) is 7.90. The summed E-state index contributed by atoms with van der Waals surface area (Å²) >= 11 is 0. The molecule has 1 N–H and O–H groups in total. The van der Waals surface area contributed by atoms with Gasteiger partial charge in [0.05, 0.1) is 6.61 Å². The largest absolute Gasteiger partial charge is 0.392 e. The highest BCUT2D eigenvalue weighted by Gasteiger charge is 2.26. The first-order chi connectivity index (χ1) is 10.3. The molecule has 0 aromatic heterocycles. The molecule has 22 heavy (non-hydrogen) atoms. The zero-order chi connectivity index (χ0) is 16.8. The van der Waals surface area contributed by atoms with Crippen molar-refractivity contribution in [2.24, 2.45) is 5.41 Å². The standard InChI is InChI=1S/C20H26O2/c1-15(7-6-8-16(2)12-14-21)9-10-18-17(3)19(22)11-13-20(18,4)5/h6-13,21H,14H2,1-5H3/b8-6+,10-9+,15-7+,16-12+. The van der Waals surface area contributed by atoms with Crippen LogP contribution >= 0.6 is 0 Å². The first-order valence-corrected chi connectivity index (χ1v) is 7.53. The molecule has 0 spiro atoms. The van der Waals surface area contributed by atoms with Crippen LogP contribution in [0.1, 0.15) is 34.6 Å². The Morgan fingerprint density at radius 2 is 1.91 bits per heavy atom. The summed E-state index contributed by atoms with van der Waals surface area (Å²) in [6, 6.07) is 0. The molecule has 2 nitrogen and oxygen atoms in total. The number of ketones is 1. The minimum absolute atomic E-state index is 0.0584. The van der Waals surface area contributed by atoms with Gasteiger partial charge in [0.2, 0.25) is 0 Å². The van der Waals surface area contributed by atoms with Gasteiger partial charge in [0, 0.05) is 11.0 Å². The Kier molecular flexibility index (Phi) is 6.51. The number of aliphatic hydroxyl groups is 1. The van der Waals surface area contributed by atoms with Crippen LogP contribution in [-0.4, -0.2) is 17.5 Å². The molecule has 0 bridgehead atoms. The van der Waals surface area contributed by atoms with E-state index in [1.54, 1.807) is 12.2 Å². The van der Waals surface area contributed by atoms with Crippen molar-refractivity contribution in [3.8, 4) is 0 Å². The molecule has 0 aromatic rings.